The van der Waals surface area contributed by atoms with Crippen LogP contribution >= 0.6 is 0 Å². The van der Waals surface area contributed by atoms with E-state index in [1.807, 2.05) is 19.2 Å². The molecule has 18 heavy (non-hydrogen) atoms. The number of hydrogen-bond acceptors (Lipinski definition) is 3. The van der Waals surface area contributed by atoms with Crippen LogP contribution in [0.3, 0.4) is 0 Å². The van der Waals surface area contributed by atoms with Crippen LogP contribution in [0.2, 0.25) is 0 Å². The van der Waals surface area contributed by atoms with Crippen LogP contribution < -0.4 is 15.8 Å². The van der Waals surface area contributed by atoms with E-state index >= 15 is 0 Å². The van der Waals surface area contributed by atoms with Gasteiger partial charge < -0.3 is 15.8 Å². The Morgan fingerprint density at radius 3 is 2.61 bits per heavy atom. The smallest absolute Gasteiger partial charge is 0.119 e. The van der Waals surface area contributed by atoms with Crippen molar-refractivity contribution in [2.75, 3.05) is 14.2 Å². The van der Waals surface area contributed by atoms with Crippen molar-refractivity contribution < 1.29 is 4.74 Å². The minimum absolute atomic E-state index is 0.137. The van der Waals surface area contributed by atoms with Gasteiger partial charge in [-0.3, -0.25) is 0 Å². The molecule has 1 aliphatic rings. The van der Waals surface area contributed by atoms with E-state index in [4.69, 9.17) is 10.5 Å². The second kappa shape index (κ2) is 6.21. The van der Waals surface area contributed by atoms with Gasteiger partial charge in [0.25, 0.3) is 0 Å². The van der Waals surface area contributed by atoms with Crippen molar-refractivity contribution in [3.8, 4) is 5.75 Å². The lowest BCUT2D eigenvalue weighted by Crippen LogP contribution is -2.33. The van der Waals surface area contributed by atoms with Gasteiger partial charge in [-0.2, -0.15) is 0 Å². The van der Waals surface area contributed by atoms with Gasteiger partial charge in [-0.05, 0) is 56.3 Å². The van der Waals surface area contributed by atoms with Gasteiger partial charge in [0, 0.05) is 12.1 Å². The predicted molar refractivity (Wildman–Crippen MR) is 74.7 cm³/mol. The number of hydrogen-bond donors (Lipinski definition) is 2. The summed E-state index contributed by atoms with van der Waals surface area (Å²) in [5.74, 6) is 1.49. The summed E-state index contributed by atoms with van der Waals surface area (Å²) in [6, 6.07) is 8.98. The molecule has 100 valence electrons. The van der Waals surface area contributed by atoms with Crippen molar-refractivity contribution in [2.24, 2.45) is 11.7 Å². The Balaban J connectivity index is 2.00. The average Bonchev–Trinajstić information content (AvgIpc) is 2.46. The molecule has 1 atom stereocenters. The Morgan fingerprint density at radius 1 is 1.28 bits per heavy atom. The number of nitrogens with two attached hydrogens (primary N) is 1. The molecule has 1 aromatic rings. The standard InChI is InChI=1S/C15H24N2O/c1-17-13-8-6-11(7-9-13)15(16)12-4-3-5-14(10-12)18-2/h3-5,10-11,13,15,17H,6-9,16H2,1-2H3. The molecule has 3 nitrogen and oxygen atoms in total. The lowest BCUT2D eigenvalue weighted by Gasteiger charge is -2.32. The van der Waals surface area contributed by atoms with E-state index in [0.717, 1.165) is 5.75 Å². The molecule has 1 saturated carbocycles. The predicted octanol–water partition coefficient (Wildman–Crippen LogP) is 2.47. The molecule has 0 amide bonds. The van der Waals surface area contributed by atoms with Crippen LogP contribution in [0.25, 0.3) is 0 Å². The van der Waals surface area contributed by atoms with E-state index in [1.165, 1.54) is 31.2 Å². The molecule has 0 radical (unpaired) electrons. The van der Waals surface area contributed by atoms with Crippen molar-refractivity contribution in [1.82, 2.24) is 5.32 Å². The van der Waals surface area contributed by atoms with Gasteiger partial charge in [-0.15, -0.1) is 0 Å². The molecule has 3 N–H and O–H groups in total. The Morgan fingerprint density at radius 2 is 2.00 bits per heavy atom. The number of ether oxygens (including phenoxy) is 1. The van der Waals surface area contributed by atoms with Crippen molar-refractivity contribution in [3.63, 3.8) is 0 Å². The van der Waals surface area contributed by atoms with Gasteiger partial charge in [0.05, 0.1) is 7.11 Å². The third-order valence-electron chi connectivity index (χ3n) is 4.17. The first-order chi connectivity index (χ1) is 8.74. The highest BCUT2D eigenvalue weighted by Crippen LogP contribution is 2.33. The van der Waals surface area contributed by atoms with Crippen LogP contribution in [0.4, 0.5) is 0 Å². The van der Waals surface area contributed by atoms with Gasteiger partial charge in [0.1, 0.15) is 5.75 Å². The van der Waals surface area contributed by atoms with Gasteiger partial charge in [0.15, 0.2) is 0 Å². The van der Waals surface area contributed by atoms with Gasteiger partial charge in [0.2, 0.25) is 0 Å². The van der Waals surface area contributed by atoms with Crippen LogP contribution in [0.1, 0.15) is 37.3 Å². The zero-order valence-electron chi connectivity index (χ0n) is 11.4. The van der Waals surface area contributed by atoms with Crippen LogP contribution in [0.15, 0.2) is 24.3 Å². The Bertz CT molecular complexity index is 373. The second-order valence-corrected chi connectivity index (χ2v) is 5.20. The van der Waals surface area contributed by atoms with Crippen LogP contribution in [-0.2, 0) is 0 Å². The van der Waals surface area contributed by atoms with E-state index in [2.05, 4.69) is 17.4 Å². The second-order valence-electron chi connectivity index (χ2n) is 5.20. The number of benzene rings is 1. The molecule has 0 saturated heterocycles. The summed E-state index contributed by atoms with van der Waals surface area (Å²) in [4.78, 5) is 0. The molecule has 1 unspecified atom stereocenters. The average molecular weight is 248 g/mol. The largest absolute Gasteiger partial charge is 0.497 e. The lowest BCUT2D eigenvalue weighted by molar-refractivity contribution is 0.266. The summed E-state index contributed by atoms with van der Waals surface area (Å²) >= 11 is 0. The van der Waals surface area contributed by atoms with E-state index < -0.39 is 0 Å². The molecule has 1 aromatic carbocycles. The summed E-state index contributed by atoms with van der Waals surface area (Å²) < 4.78 is 5.26. The van der Waals surface area contributed by atoms with Crippen LogP contribution in [0.5, 0.6) is 5.75 Å². The molecule has 0 bridgehead atoms. The fourth-order valence-electron chi connectivity index (χ4n) is 2.89. The topological polar surface area (TPSA) is 47.3 Å². The highest BCUT2D eigenvalue weighted by molar-refractivity contribution is 5.30. The maximum absolute atomic E-state index is 6.40. The molecule has 1 fully saturated rings. The van der Waals surface area contributed by atoms with Gasteiger partial charge in [-0.1, -0.05) is 12.1 Å². The summed E-state index contributed by atoms with van der Waals surface area (Å²) in [6.45, 7) is 0. The van der Waals surface area contributed by atoms with Crippen molar-refractivity contribution in [2.45, 2.75) is 37.8 Å². The lowest BCUT2D eigenvalue weighted by atomic mass is 9.79. The van der Waals surface area contributed by atoms with Crippen molar-refractivity contribution >= 4 is 0 Å². The molecule has 2 rings (SSSR count). The fraction of sp³-hybridized carbons (Fsp3) is 0.600. The molecule has 0 aliphatic heterocycles. The monoisotopic (exact) mass is 248 g/mol. The number of nitrogens with one attached hydrogen (secondary N) is 1. The maximum atomic E-state index is 6.40. The highest BCUT2D eigenvalue weighted by Gasteiger charge is 2.25. The first-order valence-corrected chi connectivity index (χ1v) is 6.81. The van der Waals surface area contributed by atoms with E-state index in [1.54, 1.807) is 7.11 Å². The van der Waals surface area contributed by atoms with Crippen LogP contribution in [-0.4, -0.2) is 20.2 Å². The SMILES string of the molecule is CNC1CCC(C(N)c2cccc(OC)c2)CC1. The minimum Gasteiger partial charge on any atom is -0.497 e. The van der Waals surface area contributed by atoms with Gasteiger partial charge >= 0.3 is 0 Å². The van der Waals surface area contributed by atoms with Crippen molar-refractivity contribution in [1.29, 1.82) is 0 Å². The zero-order chi connectivity index (χ0) is 13.0. The summed E-state index contributed by atoms with van der Waals surface area (Å²) in [7, 11) is 3.75. The third-order valence-corrected chi connectivity index (χ3v) is 4.17. The first-order valence-electron chi connectivity index (χ1n) is 6.81. The fourth-order valence-corrected chi connectivity index (χ4v) is 2.89. The molecular weight excluding hydrogens is 224 g/mol. The normalized spacial score (nSPS) is 25.7. The first kappa shape index (κ1) is 13.4. The molecular formula is C15H24N2O. The molecule has 0 aromatic heterocycles. The maximum Gasteiger partial charge on any atom is 0.119 e. The highest BCUT2D eigenvalue weighted by atomic mass is 16.5. The van der Waals surface area contributed by atoms with Gasteiger partial charge in [-0.25, -0.2) is 0 Å². The Labute approximate surface area is 110 Å². The summed E-state index contributed by atoms with van der Waals surface area (Å²) in [5.41, 5.74) is 7.60. The molecule has 0 spiro atoms. The number of rotatable bonds is 4. The third kappa shape index (κ3) is 3.03. The number of methoxy groups -OCH3 is 1. The molecule has 0 heterocycles. The quantitative estimate of drug-likeness (QED) is 0.860. The Hall–Kier alpha value is -1.06. The van der Waals surface area contributed by atoms with Crippen molar-refractivity contribution in [3.05, 3.63) is 29.8 Å². The van der Waals surface area contributed by atoms with E-state index in [9.17, 15) is 0 Å². The van der Waals surface area contributed by atoms with Crippen LogP contribution in [0, 0.1) is 5.92 Å². The summed E-state index contributed by atoms with van der Waals surface area (Å²) in [6.07, 6.45) is 4.89. The van der Waals surface area contributed by atoms with E-state index in [-0.39, 0.29) is 6.04 Å². The minimum atomic E-state index is 0.137. The summed E-state index contributed by atoms with van der Waals surface area (Å²) in [5, 5.41) is 3.36. The Kier molecular flexibility index (Phi) is 4.61. The zero-order valence-corrected chi connectivity index (χ0v) is 11.4. The molecule has 3 heteroatoms. The van der Waals surface area contributed by atoms with E-state index in [0.29, 0.717) is 12.0 Å². The molecule has 1 aliphatic carbocycles.